The lowest BCUT2D eigenvalue weighted by atomic mass is 9.87. The van der Waals surface area contributed by atoms with Crippen LogP contribution in [0.4, 0.5) is 0 Å². The van der Waals surface area contributed by atoms with Gasteiger partial charge in [-0.2, -0.15) is 10.2 Å². The largest absolute Gasteiger partial charge is 0.297 e. The van der Waals surface area contributed by atoms with Crippen molar-refractivity contribution < 1.29 is 0 Å². The van der Waals surface area contributed by atoms with Gasteiger partial charge < -0.3 is 0 Å². The molecule has 0 unspecified atom stereocenters. The van der Waals surface area contributed by atoms with Gasteiger partial charge in [0.15, 0.2) is 0 Å². The van der Waals surface area contributed by atoms with E-state index in [9.17, 15) is 0 Å². The minimum Gasteiger partial charge on any atom is -0.297 e. The van der Waals surface area contributed by atoms with Gasteiger partial charge in [0.25, 0.3) is 0 Å². The average molecular weight is 338 g/mol. The van der Waals surface area contributed by atoms with Gasteiger partial charge in [0.2, 0.25) is 0 Å². The van der Waals surface area contributed by atoms with Gasteiger partial charge >= 0.3 is 0 Å². The van der Waals surface area contributed by atoms with Crippen LogP contribution in [-0.2, 0) is 6.54 Å². The van der Waals surface area contributed by atoms with Crippen LogP contribution in [-0.4, -0.2) is 28.2 Å². The van der Waals surface area contributed by atoms with Gasteiger partial charge in [-0.3, -0.25) is 4.90 Å². The predicted octanol–water partition coefficient (Wildman–Crippen LogP) is 5.14. The second kappa shape index (κ2) is 8.09. The molecule has 0 spiro atoms. The van der Waals surface area contributed by atoms with Crippen molar-refractivity contribution in [1.29, 1.82) is 0 Å². The lowest BCUT2D eigenvalue weighted by molar-refractivity contribution is 0.150. The van der Waals surface area contributed by atoms with E-state index >= 15 is 0 Å². The number of likely N-dealkylation sites (tertiary alicyclic amines) is 1. The molecule has 2 heterocycles. The summed E-state index contributed by atoms with van der Waals surface area (Å²) in [5.74, 6) is 2.22. The quantitative estimate of drug-likeness (QED) is 0.757. The maximum atomic E-state index is 4.49. The molecule has 0 bridgehead atoms. The van der Waals surface area contributed by atoms with E-state index in [0.717, 1.165) is 35.3 Å². The van der Waals surface area contributed by atoms with Gasteiger partial charge in [0.05, 0.1) is 11.4 Å². The molecule has 1 aliphatic heterocycles. The first kappa shape index (κ1) is 18.1. The molecular formula is C22H31N3. The maximum Gasteiger partial charge on any atom is 0.0929 e. The van der Waals surface area contributed by atoms with Crippen LogP contribution in [0.25, 0.3) is 11.3 Å². The third-order valence-electron chi connectivity index (χ3n) is 5.53. The number of nitrogens with zero attached hydrogens (tertiary/aromatic N) is 3. The van der Waals surface area contributed by atoms with E-state index in [1.165, 1.54) is 31.5 Å². The van der Waals surface area contributed by atoms with E-state index in [1.807, 2.05) is 0 Å². The van der Waals surface area contributed by atoms with Crippen molar-refractivity contribution >= 4 is 0 Å². The van der Waals surface area contributed by atoms with E-state index < -0.39 is 0 Å². The van der Waals surface area contributed by atoms with Crippen LogP contribution in [0.15, 0.2) is 36.4 Å². The third kappa shape index (κ3) is 4.66. The zero-order valence-corrected chi connectivity index (χ0v) is 16.1. The Morgan fingerprint density at radius 1 is 1.00 bits per heavy atom. The SMILES string of the molecule is CC(C)c1cccc(-c2ccc(CN3CCC(C(C)C)CC3)nn2)c1. The Morgan fingerprint density at radius 2 is 1.76 bits per heavy atom. The average Bonchev–Trinajstić information content (AvgIpc) is 2.63. The van der Waals surface area contributed by atoms with Crippen molar-refractivity contribution in [2.45, 2.75) is 53.0 Å². The molecule has 1 aromatic heterocycles. The van der Waals surface area contributed by atoms with Crippen molar-refractivity contribution in [3.05, 3.63) is 47.7 Å². The number of hydrogen-bond acceptors (Lipinski definition) is 3. The Bertz CT molecular complexity index is 668. The molecule has 1 aromatic carbocycles. The Balaban J connectivity index is 1.62. The molecule has 0 amide bonds. The number of piperidine rings is 1. The molecule has 1 aliphatic rings. The van der Waals surface area contributed by atoms with Crippen LogP contribution >= 0.6 is 0 Å². The molecule has 25 heavy (non-hydrogen) atoms. The van der Waals surface area contributed by atoms with Gasteiger partial charge in [-0.25, -0.2) is 0 Å². The van der Waals surface area contributed by atoms with Crippen molar-refractivity contribution in [3.63, 3.8) is 0 Å². The molecular weight excluding hydrogens is 306 g/mol. The normalized spacial score (nSPS) is 16.7. The first-order valence-corrected chi connectivity index (χ1v) is 9.68. The van der Waals surface area contributed by atoms with E-state index in [-0.39, 0.29) is 0 Å². The molecule has 134 valence electrons. The Kier molecular flexibility index (Phi) is 5.85. The lowest BCUT2D eigenvalue weighted by Crippen LogP contribution is -2.35. The summed E-state index contributed by atoms with van der Waals surface area (Å²) in [5.41, 5.74) is 4.54. The minimum atomic E-state index is 0.529. The second-order valence-electron chi connectivity index (χ2n) is 8.05. The number of benzene rings is 1. The monoisotopic (exact) mass is 337 g/mol. The molecule has 0 N–H and O–H groups in total. The summed E-state index contributed by atoms with van der Waals surface area (Å²) in [4.78, 5) is 2.52. The summed E-state index contributed by atoms with van der Waals surface area (Å²) in [5, 5.41) is 8.97. The summed E-state index contributed by atoms with van der Waals surface area (Å²) in [7, 11) is 0. The molecule has 0 saturated carbocycles. The smallest absolute Gasteiger partial charge is 0.0929 e. The highest BCUT2D eigenvalue weighted by molar-refractivity contribution is 5.59. The Hall–Kier alpha value is -1.74. The molecule has 3 rings (SSSR count). The molecule has 2 aromatic rings. The first-order chi connectivity index (χ1) is 12.0. The Morgan fingerprint density at radius 3 is 2.36 bits per heavy atom. The topological polar surface area (TPSA) is 29.0 Å². The summed E-state index contributed by atoms with van der Waals surface area (Å²) in [6, 6.07) is 12.9. The third-order valence-corrected chi connectivity index (χ3v) is 5.53. The standard InChI is InChI=1S/C22H31N3/c1-16(2)18-10-12-25(13-11-18)15-21-8-9-22(24-23-21)20-7-5-6-19(14-20)17(3)4/h5-9,14,16-18H,10-13,15H2,1-4H3. The number of hydrogen-bond donors (Lipinski definition) is 0. The van der Waals surface area contributed by atoms with Crippen LogP contribution in [0.1, 0.15) is 57.7 Å². The molecule has 3 nitrogen and oxygen atoms in total. The van der Waals surface area contributed by atoms with E-state index in [1.54, 1.807) is 0 Å². The van der Waals surface area contributed by atoms with Gasteiger partial charge in [-0.05, 0) is 67.4 Å². The number of rotatable bonds is 5. The van der Waals surface area contributed by atoms with Crippen molar-refractivity contribution in [2.75, 3.05) is 13.1 Å². The first-order valence-electron chi connectivity index (χ1n) is 9.68. The summed E-state index contributed by atoms with van der Waals surface area (Å²) >= 11 is 0. The van der Waals surface area contributed by atoms with Crippen LogP contribution in [0.2, 0.25) is 0 Å². The van der Waals surface area contributed by atoms with Crippen molar-refractivity contribution in [2.24, 2.45) is 11.8 Å². The Labute approximate surface area is 152 Å². The second-order valence-corrected chi connectivity index (χ2v) is 8.05. The summed E-state index contributed by atoms with van der Waals surface area (Å²) in [6.07, 6.45) is 2.62. The van der Waals surface area contributed by atoms with Crippen molar-refractivity contribution in [3.8, 4) is 11.3 Å². The molecule has 0 aliphatic carbocycles. The lowest BCUT2D eigenvalue weighted by Gasteiger charge is -2.33. The highest BCUT2D eigenvalue weighted by Gasteiger charge is 2.21. The van der Waals surface area contributed by atoms with E-state index in [0.29, 0.717) is 5.92 Å². The van der Waals surface area contributed by atoms with Gasteiger partial charge in [-0.15, -0.1) is 0 Å². The fourth-order valence-corrected chi connectivity index (χ4v) is 3.66. The zero-order valence-electron chi connectivity index (χ0n) is 16.1. The zero-order chi connectivity index (χ0) is 17.8. The van der Waals surface area contributed by atoms with Crippen LogP contribution < -0.4 is 0 Å². The predicted molar refractivity (Wildman–Crippen MR) is 104 cm³/mol. The van der Waals surface area contributed by atoms with Crippen LogP contribution in [0.5, 0.6) is 0 Å². The fourth-order valence-electron chi connectivity index (χ4n) is 3.66. The van der Waals surface area contributed by atoms with Crippen LogP contribution in [0, 0.1) is 11.8 Å². The van der Waals surface area contributed by atoms with E-state index in [4.69, 9.17) is 0 Å². The highest BCUT2D eigenvalue weighted by Crippen LogP contribution is 2.25. The molecule has 0 radical (unpaired) electrons. The van der Waals surface area contributed by atoms with Gasteiger partial charge in [0, 0.05) is 12.1 Å². The fraction of sp³-hybridized carbons (Fsp3) is 0.545. The van der Waals surface area contributed by atoms with Crippen molar-refractivity contribution in [1.82, 2.24) is 15.1 Å². The van der Waals surface area contributed by atoms with E-state index in [2.05, 4.69) is 79.2 Å². The van der Waals surface area contributed by atoms with Gasteiger partial charge in [0.1, 0.15) is 0 Å². The summed E-state index contributed by atoms with van der Waals surface area (Å²) in [6.45, 7) is 12.4. The molecule has 1 saturated heterocycles. The summed E-state index contributed by atoms with van der Waals surface area (Å²) < 4.78 is 0. The van der Waals surface area contributed by atoms with Gasteiger partial charge in [-0.1, -0.05) is 45.9 Å². The maximum absolute atomic E-state index is 4.49. The minimum absolute atomic E-state index is 0.529. The number of aromatic nitrogens is 2. The highest BCUT2D eigenvalue weighted by atomic mass is 15.2. The van der Waals surface area contributed by atoms with Crippen LogP contribution in [0.3, 0.4) is 0 Å². The molecule has 0 atom stereocenters. The molecule has 1 fully saturated rings. The molecule has 3 heteroatoms.